The van der Waals surface area contributed by atoms with Crippen LogP contribution in [0.4, 0.5) is 4.39 Å². The topological polar surface area (TPSA) is 52.7 Å². The number of amides is 2. The van der Waals surface area contributed by atoms with Crippen molar-refractivity contribution in [3.63, 3.8) is 0 Å². The van der Waals surface area contributed by atoms with E-state index in [-0.39, 0.29) is 17.8 Å². The van der Waals surface area contributed by atoms with Crippen molar-refractivity contribution in [1.82, 2.24) is 15.1 Å². The van der Waals surface area contributed by atoms with Crippen LogP contribution < -0.4 is 5.32 Å². The fourth-order valence-electron chi connectivity index (χ4n) is 5.10. The molecule has 2 amide bonds. The molecule has 7 heteroatoms. The summed E-state index contributed by atoms with van der Waals surface area (Å²) in [7, 11) is 0. The molecule has 0 spiro atoms. The number of carbonyl (C=O) groups is 2. The predicted molar refractivity (Wildman–Crippen MR) is 126 cm³/mol. The zero-order valence-electron chi connectivity index (χ0n) is 19.0. The van der Waals surface area contributed by atoms with E-state index in [0.717, 1.165) is 93.8 Å². The van der Waals surface area contributed by atoms with Crippen LogP contribution in [0.1, 0.15) is 80.1 Å². The second-order valence-electron chi connectivity index (χ2n) is 9.32. The highest BCUT2D eigenvalue weighted by Gasteiger charge is 2.35. The molecule has 4 rings (SSSR count). The number of hydrogen-bond acceptors (Lipinski definition) is 4. The summed E-state index contributed by atoms with van der Waals surface area (Å²) >= 11 is 1.67. The fourth-order valence-corrected chi connectivity index (χ4v) is 6.21. The minimum absolute atomic E-state index is 0.0200. The molecule has 32 heavy (non-hydrogen) atoms. The molecule has 0 bridgehead atoms. The molecule has 3 aliphatic rings. The molecular weight excluding hydrogens is 425 g/mol. The highest BCUT2D eigenvalue weighted by Crippen LogP contribution is 2.35. The van der Waals surface area contributed by atoms with Gasteiger partial charge in [0.05, 0.1) is 0 Å². The monoisotopic (exact) mass is 461 g/mol. The van der Waals surface area contributed by atoms with Crippen molar-refractivity contribution in [2.45, 2.75) is 81.7 Å². The third-order valence-electron chi connectivity index (χ3n) is 6.96. The van der Waals surface area contributed by atoms with E-state index < -0.39 is 0 Å². The summed E-state index contributed by atoms with van der Waals surface area (Å²) in [5.74, 6) is 0.888. The van der Waals surface area contributed by atoms with E-state index in [4.69, 9.17) is 0 Å². The molecule has 2 fully saturated rings. The second-order valence-corrected chi connectivity index (χ2v) is 10.5. The number of fused-ring (bicyclic) bond motifs is 1. The lowest BCUT2D eigenvalue weighted by Crippen LogP contribution is -2.46. The van der Waals surface area contributed by atoms with Gasteiger partial charge in [0.25, 0.3) is 5.91 Å². The summed E-state index contributed by atoms with van der Waals surface area (Å²) < 4.78 is 14.2. The van der Waals surface area contributed by atoms with Gasteiger partial charge in [-0.05, 0) is 74.9 Å². The third-order valence-corrected chi connectivity index (χ3v) is 8.12. The molecule has 1 aromatic carbocycles. The number of rotatable bonds is 9. The first-order valence-electron chi connectivity index (χ1n) is 12.4. The maximum Gasteiger partial charge on any atom is 0.254 e. The van der Waals surface area contributed by atoms with Crippen molar-refractivity contribution in [2.24, 2.45) is 0 Å². The van der Waals surface area contributed by atoms with Crippen molar-refractivity contribution < 1.29 is 14.0 Å². The van der Waals surface area contributed by atoms with Gasteiger partial charge in [-0.3, -0.25) is 9.59 Å². The van der Waals surface area contributed by atoms with E-state index in [1.165, 1.54) is 12.5 Å². The standard InChI is InChI=1S/C25H36FN3O2S/c26-19-15-21-22(18-29(25(21)31)20-9-8-11-27-17-20)23(16-19)32-14-7-2-1-4-10-24(30)28-12-5-3-6-13-28/h15-16,20,27H,1-14,17-18H2. The number of hydrogen-bond donors (Lipinski definition) is 1. The van der Waals surface area contributed by atoms with Gasteiger partial charge in [0.1, 0.15) is 5.82 Å². The minimum atomic E-state index is -0.320. The highest BCUT2D eigenvalue weighted by atomic mass is 32.2. The zero-order valence-corrected chi connectivity index (χ0v) is 19.9. The Kier molecular flexibility index (Phi) is 8.47. The van der Waals surface area contributed by atoms with Crippen LogP contribution in [-0.2, 0) is 11.3 Å². The van der Waals surface area contributed by atoms with Crippen molar-refractivity contribution in [3.8, 4) is 0 Å². The molecule has 1 aromatic rings. The lowest BCUT2D eigenvalue weighted by molar-refractivity contribution is -0.132. The van der Waals surface area contributed by atoms with Gasteiger partial charge in [-0.1, -0.05) is 12.8 Å². The van der Waals surface area contributed by atoms with Crippen LogP contribution in [0.3, 0.4) is 0 Å². The molecule has 1 atom stereocenters. The van der Waals surface area contributed by atoms with E-state index in [0.29, 0.717) is 24.4 Å². The number of benzene rings is 1. The first kappa shape index (κ1) is 23.6. The van der Waals surface area contributed by atoms with Gasteiger partial charge in [0, 0.05) is 49.1 Å². The van der Waals surface area contributed by atoms with Crippen LogP contribution in [0, 0.1) is 5.82 Å². The van der Waals surface area contributed by atoms with Crippen molar-refractivity contribution in [1.29, 1.82) is 0 Å². The Morgan fingerprint density at radius 1 is 1.09 bits per heavy atom. The van der Waals surface area contributed by atoms with Crippen LogP contribution >= 0.6 is 11.8 Å². The Balaban J connectivity index is 1.20. The van der Waals surface area contributed by atoms with Crippen LogP contribution in [0.5, 0.6) is 0 Å². The Labute approximate surface area is 195 Å². The lowest BCUT2D eigenvalue weighted by Gasteiger charge is -2.31. The molecule has 0 aliphatic carbocycles. The van der Waals surface area contributed by atoms with Gasteiger partial charge in [0.15, 0.2) is 0 Å². The molecule has 176 valence electrons. The van der Waals surface area contributed by atoms with Crippen LogP contribution in [0.15, 0.2) is 17.0 Å². The van der Waals surface area contributed by atoms with Gasteiger partial charge in [-0.2, -0.15) is 0 Å². The summed E-state index contributed by atoms with van der Waals surface area (Å²) in [6.45, 7) is 4.30. The number of thioether (sulfide) groups is 1. The summed E-state index contributed by atoms with van der Waals surface area (Å²) in [5.41, 5.74) is 1.55. The average Bonchev–Trinajstić information content (AvgIpc) is 3.15. The SMILES string of the molecule is O=C(CCCCCCSc1cc(F)cc2c1CN(C1CCCNC1)C2=O)N1CCCCC1. The zero-order chi connectivity index (χ0) is 22.3. The minimum Gasteiger partial charge on any atom is -0.343 e. The molecule has 0 aromatic heterocycles. The van der Waals surface area contributed by atoms with Gasteiger partial charge in [-0.15, -0.1) is 11.8 Å². The van der Waals surface area contributed by atoms with Crippen LogP contribution in [0.25, 0.3) is 0 Å². The molecule has 3 aliphatic heterocycles. The van der Waals surface area contributed by atoms with Gasteiger partial charge in [0.2, 0.25) is 5.91 Å². The number of unbranched alkanes of at least 4 members (excludes halogenated alkanes) is 3. The summed E-state index contributed by atoms with van der Waals surface area (Å²) in [5, 5.41) is 3.37. The van der Waals surface area contributed by atoms with E-state index in [9.17, 15) is 14.0 Å². The summed E-state index contributed by atoms with van der Waals surface area (Å²) in [6.07, 6.45) is 10.4. The van der Waals surface area contributed by atoms with Crippen LogP contribution in [0.2, 0.25) is 0 Å². The molecular formula is C25H36FN3O2S. The van der Waals surface area contributed by atoms with E-state index in [1.807, 2.05) is 9.80 Å². The Morgan fingerprint density at radius 3 is 2.69 bits per heavy atom. The molecule has 5 nitrogen and oxygen atoms in total. The lowest BCUT2D eigenvalue weighted by atomic mass is 10.1. The van der Waals surface area contributed by atoms with Gasteiger partial charge >= 0.3 is 0 Å². The smallest absolute Gasteiger partial charge is 0.254 e. The van der Waals surface area contributed by atoms with Gasteiger partial charge < -0.3 is 15.1 Å². The molecule has 1 N–H and O–H groups in total. The number of carbonyl (C=O) groups excluding carboxylic acids is 2. The van der Waals surface area contributed by atoms with E-state index >= 15 is 0 Å². The first-order chi connectivity index (χ1) is 15.6. The van der Waals surface area contributed by atoms with Crippen LogP contribution in [-0.4, -0.2) is 59.6 Å². The van der Waals surface area contributed by atoms with E-state index in [2.05, 4.69) is 5.32 Å². The number of nitrogens with one attached hydrogen (secondary N) is 1. The number of nitrogens with zero attached hydrogens (tertiary/aromatic N) is 2. The molecule has 0 saturated carbocycles. The Morgan fingerprint density at radius 2 is 1.91 bits per heavy atom. The van der Waals surface area contributed by atoms with Crippen molar-refractivity contribution in [3.05, 3.63) is 29.1 Å². The second kappa shape index (κ2) is 11.5. The summed E-state index contributed by atoms with van der Waals surface area (Å²) in [6, 6.07) is 3.21. The average molecular weight is 462 g/mol. The third kappa shape index (κ3) is 5.84. The van der Waals surface area contributed by atoms with Crippen molar-refractivity contribution >= 4 is 23.6 Å². The Hall–Kier alpha value is -1.60. The predicted octanol–water partition coefficient (Wildman–Crippen LogP) is 4.59. The molecule has 2 saturated heterocycles. The largest absolute Gasteiger partial charge is 0.343 e. The molecule has 3 heterocycles. The molecule has 1 unspecified atom stereocenters. The quantitative estimate of drug-likeness (QED) is 0.432. The molecule has 0 radical (unpaired) electrons. The number of piperidine rings is 2. The maximum atomic E-state index is 14.2. The number of likely N-dealkylation sites (tertiary alicyclic amines) is 1. The normalized spacial score (nSPS) is 21.2. The first-order valence-corrected chi connectivity index (χ1v) is 13.4. The fraction of sp³-hybridized carbons (Fsp3) is 0.680. The highest BCUT2D eigenvalue weighted by molar-refractivity contribution is 7.99. The van der Waals surface area contributed by atoms with Crippen molar-refractivity contribution in [2.75, 3.05) is 31.9 Å². The van der Waals surface area contributed by atoms with E-state index in [1.54, 1.807) is 17.8 Å². The Bertz CT molecular complexity index is 807. The summed E-state index contributed by atoms with van der Waals surface area (Å²) in [4.78, 5) is 30.0. The maximum absolute atomic E-state index is 14.2. The number of halogens is 1. The van der Waals surface area contributed by atoms with Gasteiger partial charge in [-0.25, -0.2) is 4.39 Å².